The summed E-state index contributed by atoms with van der Waals surface area (Å²) in [6.45, 7) is 5.20. The van der Waals surface area contributed by atoms with Crippen LogP contribution >= 0.6 is 0 Å². The van der Waals surface area contributed by atoms with Gasteiger partial charge in [-0.1, -0.05) is 18.2 Å². The van der Waals surface area contributed by atoms with Gasteiger partial charge in [-0.05, 0) is 57.0 Å². The molecule has 0 saturated carbocycles. The molecule has 0 saturated heterocycles. The van der Waals surface area contributed by atoms with Crippen LogP contribution in [0.5, 0.6) is 0 Å². The Morgan fingerprint density at radius 1 is 1.19 bits per heavy atom. The average Bonchev–Trinajstić information content (AvgIpc) is 3.21. The number of aromatic nitrogens is 1. The van der Waals surface area contributed by atoms with Gasteiger partial charge in [0.15, 0.2) is 6.10 Å². The molecule has 1 aliphatic heterocycles. The van der Waals surface area contributed by atoms with Gasteiger partial charge in [0.05, 0.1) is 17.5 Å². The number of Topliss-reactive ketones (excluding diaryl/α,β-unsaturated/α-hetero) is 1. The monoisotopic (exact) mass is 440 g/mol. The van der Waals surface area contributed by atoms with Gasteiger partial charge in [-0.15, -0.1) is 0 Å². The fourth-order valence-electron chi connectivity index (χ4n) is 4.31. The Bertz CT molecular complexity index is 1310. The van der Waals surface area contributed by atoms with E-state index >= 15 is 0 Å². The zero-order valence-electron chi connectivity index (χ0n) is 17.8. The minimum Gasteiger partial charge on any atom is -0.451 e. The fraction of sp³-hybridized carbons (Fsp3) is 0.304. The maximum absolute atomic E-state index is 13.0. The zero-order chi connectivity index (χ0) is 22.5. The molecule has 0 amide bonds. The lowest BCUT2D eigenvalue weighted by Crippen LogP contribution is -2.34. The molecular weight excluding hydrogens is 416 g/mol. The van der Waals surface area contributed by atoms with Crippen molar-refractivity contribution in [3.63, 3.8) is 0 Å². The summed E-state index contributed by atoms with van der Waals surface area (Å²) in [4.78, 5) is 28.9. The van der Waals surface area contributed by atoms with E-state index in [-0.39, 0.29) is 17.4 Å². The number of nitrogens with zero attached hydrogens (tertiary/aromatic N) is 1. The number of H-pyrrole nitrogens is 1. The van der Waals surface area contributed by atoms with Crippen LogP contribution in [0, 0.1) is 6.92 Å². The first-order chi connectivity index (χ1) is 14.6. The Morgan fingerprint density at radius 2 is 1.90 bits per heavy atom. The maximum atomic E-state index is 13.0. The Kier molecular flexibility index (Phi) is 5.13. The van der Waals surface area contributed by atoms with Gasteiger partial charge in [-0.2, -0.15) is 0 Å². The van der Waals surface area contributed by atoms with Gasteiger partial charge in [0.2, 0.25) is 15.8 Å². The lowest BCUT2D eigenvalue weighted by Gasteiger charge is -2.22. The number of ether oxygens (including phenoxy) is 1. The summed E-state index contributed by atoms with van der Waals surface area (Å²) in [6, 6.07) is 12.1. The largest absolute Gasteiger partial charge is 0.451 e. The van der Waals surface area contributed by atoms with Gasteiger partial charge in [-0.25, -0.2) is 13.2 Å². The number of aromatic amines is 1. The number of aryl methyl sites for hydroxylation is 1. The molecule has 0 fully saturated rings. The summed E-state index contributed by atoms with van der Waals surface area (Å²) in [5.41, 5.74) is 3.72. The zero-order valence-corrected chi connectivity index (χ0v) is 18.6. The lowest BCUT2D eigenvalue weighted by molar-refractivity contribution is 0.0319. The van der Waals surface area contributed by atoms with Crippen LogP contribution < -0.4 is 4.31 Å². The first kappa shape index (κ1) is 21.1. The van der Waals surface area contributed by atoms with E-state index in [2.05, 4.69) is 4.98 Å². The van der Waals surface area contributed by atoms with Crippen LogP contribution in [0.3, 0.4) is 0 Å². The molecule has 162 valence electrons. The van der Waals surface area contributed by atoms with Crippen molar-refractivity contribution in [2.24, 2.45) is 0 Å². The van der Waals surface area contributed by atoms with E-state index < -0.39 is 22.1 Å². The molecular formula is C23H24N2O5S. The van der Waals surface area contributed by atoms with Crippen molar-refractivity contribution in [1.29, 1.82) is 0 Å². The number of carbonyl (C=O) groups excluding carboxylic acids is 2. The van der Waals surface area contributed by atoms with Crippen LogP contribution in [0.1, 0.15) is 45.8 Å². The number of anilines is 1. The molecule has 0 spiro atoms. The molecule has 0 aliphatic carbocycles. The highest BCUT2D eigenvalue weighted by Gasteiger charge is 2.33. The molecule has 1 aliphatic rings. The number of sulfonamides is 1. The molecule has 1 aromatic heterocycles. The number of hydrogen-bond donors (Lipinski definition) is 1. The first-order valence-electron chi connectivity index (χ1n) is 10.0. The van der Waals surface area contributed by atoms with Crippen LogP contribution in [0.15, 0.2) is 42.5 Å². The van der Waals surface area contributed by atoms with E-state index in [4.69, 9.17) is 4.74 Å². The minimum atomic E-state index is -3.41. The third-order valence-electron chi connectivity index (χ3n) is 5.62. The van der Waals surface area contributed by atoms with Gasteiger partial charge in [-0.3, -0.25) is 9.10 Å². The van der Waals surface area contributed by atoms with Crippen molar-refractivity contribution in [2.45, 2.75) is 39.3 Å². The summed E-state index contributed by atoms with van der Waals surface area (Å²) < 4.78 is 31.0. The third-order valence-corrected chi connectivity index (χ3v) is 6.89. The van der Waals surface area contributed by atoms with Gasteiger partial charge in [0.25, 0.3) is 0 Å². The number of carbonyl (C=O) groups is 2. The molecule has 1 N–H and O–H groups in total. The fourth-order valence-corrected chi connectivity index (χ4v) is 5.58. The molecule has 0 bridgehead atoms. The standard InChI is InChI=1S/C23H24N2O5S/c1-13-11-17-12-16(9-10-20(17)25(13)31(4,28)29)23(27)30-15(3)22(26)21-14(2)24-19-8-6-5-7-18(19)21/h5-10,12-13,15,24H,11H2,1-4H3/t13-,15-/m1/s1. The van der Waals surface area contributed by atoms with Gasteiger partial charge < -0.3 is 9.72 Å². The molecule has 3 aromatic rings. The van der Waals surface area contributed by atoms with Crippen LogP contribution in [0.4, 0.5) is 5.69 Å². The predicted molar refractivity (Wildman–Crippen MR) is 119 cm³/mol. The van der Waals surface area contributed by atoms with E-state index in [1.807, 2.05) is 38.1 Å². The quantitative estimate of drug-likeness (QED) is 0.483. The number of hydrogen-bond acceptors (Lipinski definition) is 5. The molecule has 0 radical (unpaired) electrons. The number of rotatable bonds is 5. The SMILES string of the molecule is Cc1[nH]c2ccccc2c1C(=O)[C@@H](C)OC(=O)c1ccc2c(c1)C[C@@H](C)N2S(C)(=O)=O. The van der Waals surface area contributed by atoms with Crippen molar-refractivity contribution in [1.82, 2.24) is 4.98 Å². The third kappa shape index (κ3) is 3.72. The maximum Gasteiger partial charge on any atom is 0.338 e. The highest BCUT2D eigenvalue weighted by Crippen LogP contribution is 2.35. The molecule has 8 heteroatoms. The molecule has 2 atom stereocenters. The second-order valence-corrected chi connectivity index (χ2v) is 9.90. The number of nitrogens with one attached hydrogen (secondary N) is 1. The van der Waals surface area contributed by atoms with Crippen LogP contribution in [-0.4, -0.2) is 43.6 Å². The highest BCUT2D eigenvalue weighted by molar-refractivity contribution is 7.92. The predicted octanol–water partition coefficient (Wildman–Crippen LogP) is 3.62. The molecule has 7 nitrogen and oxygen atoms in total. The van der Waals surface area contributed by atoms with Crippen molar-refractivity contribution < 1.29 is 22.7 Å². The summed E-state index contributed by atoms with van der Waals surface area (Å²) >= 11 is 0. The summed E-state index contributed by atoms with van der Waals surface area (Å²) in [6.07, 6.45) is 0.706. The van der Waals surface area contributed by atoms with Gasteiger partial charge in [0.1, 0.15) is 0 Å². The summed E-state index contributed by atoms with van der Waals surface area (Å²) in [5, 5.41) is 0.792. The molecule has 0 unspecified atom stereocenters. The Balaban J connectivity index is 1.56. The van der Waals surface area contributed by atoms with Crippen molar-refractivity contribution in [3.05, 3.63) is 64.8 Å². The summed E-state index contributed by atoms with van der Waals surface area (Å²) in [7, 11) is -3.41. The highest BCUT2D eigenvalue weighted by atomic mass is 32.2. The van der Waals surface area contributed by atoms with Crippen LogP contribution in [0.2, 0.25) is 0 Å². The molecule has 2 aromatic carbocycles. The normalized spacial score (nSPS) is 16.9. The number of fused-ring (bicyclic) bond motifs is 2. The van der Waals surface area contributed by atoms with E-state index in [1.54, 1.807) is 19.1 Å². The average molecular weight is 441 g/mol. The topological polar surface area (TPSA) is 96.5 Å². The Labute approximate surface area is 181 Å². The minimum absolute atomic E-state index is 0.221. The van der Waals surface area contributed by atoms with Crippen LogP contribution in [-0.2, 0) is 21.2 Å². The van der Waals surface area contributed by atoms with E-state index in [0.29, 0.717) is 17.7 Å². The van der Waals surface area contributed by atoms with E-state index in [9.17, 15) is 18.0 Å². The van der Waals surface area contributed by atoms with Crippen LogP contribution in [0.25, 0.3) is 10.9 Å². The van der Waals surface area contributed by atoms with Gasteiger partial charge in [0, 0.05) is 28.2 Å². The number of benzene rings is 2. The summed E-state index contributed by atoms with van der Waals surface area (Å²) in [5.74, 6) is -0.895. The van der Waals surface area contributed by atoms with Crippen molar-refractivity contribution in [3.8, 4) is 0 Å². The Morgan fingerprint density at radius 3 is 2.61 bits per heavy atom. The smallest absolute Gasteiger partial charge is 0.338 e. The number of para-hydroxylation sites is 1. The second kappa shape index (κ2) is 7.53. The molecule has 2 heterocycles. The molecule has 4 rings (SSSR count). The number of esters is 1. The van der Waals surface area contributed by atoms with E-state index in [0.717, 1.165) is 22.2 Å². The first-order valence-corrected chi connectivity index (χ1v) is 11.9. The van der Waals surface area contributed by atoms with Gasteiger partial charge >= 0.3 is 5.97 Å². The lowest BCUT2D eigenvalue weighted by atomic mass is 10.0. The Hall–Kier alpha value is -3.13. The van der Waals surface area contributed by atoms with Crippen molar-refractivity contribution >= 4 is 38.4 Å². The molecule has 31 heavy (non-hydrogen) atoms. The van der Waals surface area contributed by atoms with E-state index in [1.165, 1.54) is 16.6 Å². The van der Waals surface area contributed by atoms with Crippen molar-refractivity contribution in [2.75, 3.05) is 10.6 Å². The number of ketones is 1. The second-order valence-electron chi connectivity index (χ2n) is 8.04.